The van der Waals surface area contributed by atoms with Gasteiger partial charge in [-0.3, -0.25) is 0 Å². The smallest absolute Gasteiger partial charge is 0.161 e. The Morgan fingerprint density at radius 3 is 2.83 bits per heavy atom. The first kappa shape index (κ1) is 12.4. The van der Waals surface area contributed by atoms with Crippen LogP contribution >= 0.6 is 0 Å². The molecule has 0 aliphatic carbocycles. The highest BCUT2D eigenvalue weighted by Gasteiger charge is 2.06. The van der Waals surface area contributed by atoms with Crippen molar-refractivity contribution in [1.29, 1.82) is 0 Å². The van der Waals surface area contributed by atoms with Gasteiger partial charge in [0.1, 0.15) is 12.4 Å². The Kier molecular flexibility index (Phi) is 3.84. The molecule has 0 aliphatic heterocycles. The summed E-state index contributed by atoms with van der Waals surface area (Å²) >= 11 is 0. The third kappa shape index (κ3) is 2.81. The van der Waals surface area contributed by atoms with Gasteiger partial charge >= 0.3 is 0 Å². The quantitative estimate of drug-likeness (QED) is 0.844. The maximum Gasteiger partial charge on any atom is 0.161 e. The normalized spacial score (nSPS) is 10.4. The Bertz CT molecular complexity index is 523. The molecule has 0 unspecified atom stereocenters. The van der Waals surface area contributed by atoms with Gasteiger partial charge in [0, 0.05) is 18.4 Å². The predicted molar refractivity (Wildman–Crippen MR) is 68.5 cm³/mol. The highest BCUT2D eigenvalue weighted by molar-refractivity contribution is 5.42. The number of hydrogen-bond donors (Lipinski definition) is 2. The van der Waals surface area contributed by atoms with Crippen molar-refractivity contribution >= 4 is 0 Å². The zero-order chi connectivity index (χ0) is 13.0. The first-order valence-corrected chi connectivity index (χ1v) is 5.73. The Balaban J connectivity index is 2.05. The summed E-state index contributed by atoms with van der Waals surface area (Å²) in [6.07, 6.45) is 1.71. The van der Waals surface area contributed by atoms with E-state index in [2.05, 4.69) is 9.97 Å². The summed E-state index contributed by atoms with van der Waals surface area (Å²) < 4.78 is 10.9. The second-order valence-electron chi connectivity index (χ2n) is 4.00. The van der Waals surface area contributed by atoms with Crippen molar-refractivity contribution in [2.45, 2.75) is 20.1 Å². The number of aromatic nitrogens is 2. The van der Waals surface area contributed by atoms with Crippen molar-refractivity contribution in [3.63, 3.8) is 0 Å². The lowest BCUT2D eigenvalue weighted by molar-refractivity contribution is 0.277. The second kappa shape index (κ2) is 5.55. The summed E-state index contributed by atoms with van der Waals surface area (Å²) in [6.45, 7) is 2.81. The van der Waals surface area contributed by atoms with Crippen molar-refractivity contribution in [3.05, 3.63) is 41.5 Å². The zero-order valence-electron chi connectivity index (χ0n) is 10.6. The fraction of sp³-hybridized carbons (Fsp3) is 0.308. The van der Waals surface area contributed by atoms with Gasteiger partial charge in [0.2, 0.25) is 0 Å². The number of nitrogens with two attached hydrogens (primary N) is 1. The van der Waals surface area contributed by atoms with E-state index in [0.29, 0.717) is 18.9 Å². The Hall–Kier alpha value is -2.01. The van der Waals surface area contributed by atoms with E-state index >= 15 is 0 Å². The van der Waals surface area contributed by atoms with E-state index in [0.717, 1.165) is 22.8 Å². The Labute approximate surface area is 106 Å². The highest BCUT2D eigenvalue weighted by Crippen LogP contribution is 2.28. The molecule has 3 N–H and O–H groups in total. The molecule has 1 aromatic heterocycles. The second-order valence-corrected chi connectivity index (χ2v) is 4.00. The standard InChI is InChI=1S/C13H17N3O2/c1-9-3-4-11(12(5-9)17-2)18-8-13-15-7-10(6-14)16-13/h3-5,7H,6,8,14H2,1-2H3,(H,15,16). The molecule has 2 aromatic rings. The number of aromatic amines is 1. The molecule has 96 valence electrons. The maximum absolute atomic E-state index is 5.67. The molecule has 1 aromatic carbocycles. The molecule has 0 saturated carbocycles. The Morgan fingerprint density at radius 2 is 2.17 bits per heavy atom. The summed E-state index contributed by atoms with van der Waals surface area (Å²) in [7, 11) is 1.63. The molecular weight excluding hydrogens is 230 g/mol. The van der Waals surface area contributed by atoms with Crippen LogP contribution in [0.1, 0.15) is 17.1 Å². The SMILES string of the molecule is COc1cc(C)ccc1OCc1ncc(CN)[nH]1. The molecule has 0 bridgehead atoms. The van der Waals surface area contributed by atoms with Gasteiger partial charge in [-0.2, -0.15) is 0 Å². The van der Waals surface area contributed by atoms with Crippen molar-refractivity contribution in [2.24, 2.45) is 5.73 Å². The van der Waals surface area contributed by atoms with Gasteiger partial charge in [0.15, 0.2) is 11.5 Å². The summed E-state index contributed by atoms with van der Waals surface area (Å²) in [4.78, 5) is 7.25. The van der Waals surface area contributed by atoms with Gasteiger partial charge < -0.3 is 20.2 Å². The lowest BCUT2D eigenvalue weighted by Crippen LogP contribution is -2.01. The fourth-order valence-electron chi connectivity index (χ4n) is 1.62. The average Bonchev–Trinajstić information content (AvgIpc) is 2.85. The summed E-state index contributed by atoms with van der Waals surface area (Å²) in [6, 6.07) is 5.80. The van der Waals surface area contributed by atoms with Gasteiger partial charge in [-0.15, -0.1) is 0 Å². The molecule has 0 spiro atoms. The topological polar surface area (TPSA) is 73.2 Å². The number of ether oxygens (including phenoxy) is 2. The number of methoxy groups -OCH3 is 1. The van der Waals surface area contributed by atoms with Gasteiger partial charge in [-0.05, 0) is 24.6 Å². The number of imidazole rings is 1. The van der Waals surface area contributed by atoms with Gasteiger partial charge in [0.25, 0.3) is 0 Å². The lowest BCUT2D eigenvalue weighted by atomic mass is 10.2. The minimum absolute atomic E-state index is 0.361. The van der Waals surface area contributed by atoms with E-state index in [9.17, 15) is 0 Å². The number of hydrogen-bond acceptors (Lipinski definition) is 4. The minimum atomic E-state index is 0.361. The van der Waals surface area contributed by atoms with Gasteiger partial charge in [-0.25, -0.2) is 4.98 Å². The van der Waals surface area contributed by atoms with Crippen LogP contribution in [0.5, 0.6) is 11.5 Å². The van der Waals surface area contributed by atoms with Crippen LogP contribution in [0.15, 0.2) is 24.4 Å². The molecule has 0 aliphatic rings. The van der Waals surface area contributed by atoms with Crippen LogP contribution in [0, 0.1) is 6.92 Å². The molecule has 1 heterocycles. The molecule has 0 saturated heterocycles. The molecule has 0 radical (unpaired) electrons. The molecule has 2 rings (SSSR count). The number of aryl methyl sites for hydroxylation is 1. The van der Waals surface area contributed by atoms with Crippen LogP contribution in [-0.4, -0.2) is 17.1 Å². The molecule has 18 heavy (non-hydrogen) atoms. The number of nitrogens with one attached hydrogen (secondary N) is 1. The zero-order valence-corrected chi connectivity index (χ0v) is 10.6. The molecular formula is C13H17N3O2. The number of H-pyrrole nitrogens is 1. The minimum Gasteiger partial charge on any atom is -0.493 e. The van der Waals surface area contributed by atoms with Crippen LogP contribution in [0.4, 0.5) is 0 Å². The first-order valence-electron chi connectivity index (χ1n) is 5.73. The predicted octanol–water partition coefficient (Wildman–Crippen LogP) is 1.76. The van der Waals surface area contributed by atoms with Crippen molar-refractivity contribution in [3.8, 4) is 11.5 Å². The average molecular weight is 247 g/mol. The van der Waals surface area contributed by atoms with E-state index in [-0.39, 0.29) is 0 Å². The third-order valence-electron chi connectivity index (χ3n) is 2.58. The molecule has 0 fully saturated rings. The number of rotatable bonds is 5. The Morgan fingerprint density at radius 1 is 1.33 bits per heavy atom. The maximum atomic E-state index is 5.67. The monoisotopic (exact) mass is 247 g/mol. The lowest BCUT2D eigenvalue weighted by Gasteiger charge is -2.10. The largest absolute Gasteiger partial charge is 0.493 e. The number of benzene rings is 1. The van der Waals surface area contributed by atoms with Crippen LogP contribution in [0.3, 0.4) is 0 Å². The summed E-state index contributed by atoms with van der Waals surface area (Å²) in [5, 5.41) is 0. The van der Waals surface area contributed by atoms with Crippen molar-refractivity contribution < 1.29 is 9.47 Å². The van der Waals surface area contributed by atoms with Crippen LogP contribution in [0.2, 0.25) is 0 Å². The fourth-order valence-corrected chi connectivity index (χ4v) is 1.62. The highest BCUT2D eigenvalue weighted by atomic mass is 16.5. The van der Waals surface area contributed by atoms with Gasteiger partial charge in [0.05, 0.1) is 7.11 Å². The van der Waals surface area contributed by atoms with Crippen LogP contribution in [0.25, 0.3) is 0 Å². The summed E-state index contributed by atoms with van der Waals surface area (Å²) in [5.41, 5.74) is 7.52. The van der Waals surface area contributed by atoms with E-state index in [4.69, 9.17) is 15.2 Å². The summed E-state index contributed by atoms with van der Waals surface area (Å²) in [5.74, 6) is 2.17. The molecule has 0 atom stereocenters. The molecule has 5 nitrogen and oxygen atoms in total. The molecule has 0 amide bonds. The van der Waals surface area contributed by atoms with Crippen molar-refractivity contribution in [1.82, 2.24) is 9.97 Å². The van der Waals surface area contributed by atoms with Crippen LogP contribution in [-0.2, 0) is 13.2 Å². The van der Waals surface area contributed by atoms with E-state index in [1.165, 1.54) is 0 Å². The van der Waals surface area contributed by atoms with E-state index in [1.807, 2.05) is 25.1 Å². The molecule has 5 heteroatoms. The van der Waals surface area contributed by atoms with E-state index < -0.39 is 0 Å². The number of nitrogens with zero attached hydrogens (tertiary/aromatic N) is 1. The van der Waals surface area contributed by atoms with Crippen LogP contribution < -0.4 is 15.2 Å². The first-order chi connectivity index (χ1) is 8.72. The van der Waals surface area contributed by atoms with Crippen molar-refractivity contribution in [2.75, 3.05) is 7.11 Å². The third-order valence-corrected chi connectivity index (χ3v) is 2.58. The van der Waals surface area contributed by atoms with Gasteiger partial charge in [-0.1, -0.05) is 6.07 Å². The van der Waals surface area contributed by atoms with E-state index in [1.54, 1.807) is 13.3 Å².